The summed E-state index contributed by atoms with van der Waals surface area (Å²) in [7, 11) is 0. The Kier molecular flexibility index (Phi) is 5.43. The van der Waals surface area contributed by atoms with E-state index in [4.69, 9.17) is 0 Å². The number of piperazine rings is 1. The molecule has 0 aromatic heterocycles. The second-order valence-electron chi connectivity index (χ2n) is 4.11. The Balaban J connectivity index is 0.00000144. The highest BCUT2D eigenvalue weighted by atomic mass is 79.9. The van der Waals surface area contributed by atoms with E-state index in [1.807, 2.05) is 29.2 Å². The van der Waals surface area contributed by atoms with Gasteiger partial charge in [0.1, 0.15) is 0 Å². The minimum Gasteiger partial charge on any atom is -0.336 e. The first kappa shape index (κ1) is 14.5. The molecule has 5 heteroatoms. The fraction of sp³-hybridized carbons (Fsp3) is 0.417. The number of benzene rings is 1. The molecule has 1 aromatic carbocycles. The quantitative estimate of drug-likeness (QED) is 0.861. The van der Waals surface area contributed by atoms with Crippen LogP contribution in [0, 0.1) is 0 Å². The molecule has 1 amide bonds. The number of carbonyl (C=O) groups is 1. The number of halogens is 2. The van der Waals surface area contributed by atoms with Crippen LogP contribution >= 0.6 is 28.3 Å². The third-order valence-corrected chi connectivity index (χ3v) is 3.28. The summed E-state index contributed by atoms with van der Waals surface area (Å²) in [6.45, 7) is 4.55. The lowest BCUT2D eigenvalue weighted by atomic mass is 10.1. The molecular weight excluding hydrogens is 304 g/mol. The molecule has 0 aliphatic carbocycles. The number of nitrogens with one attached hydrogen (secondary N) is 1. The molecule has 1 saturated heterocycles. The van der Waals surface area contributed by atoms with Gasteiger partial charge in [0.05, 0.1) is 0 Å². The van der Waals surface area contributed by atoms with Crippen LogP contribution in [0.15, 0.2) is 28.7 Å². The maximum atomic E-state index is 12.1. The molecule has 94 valence electrons. The van der Waals surface area contributed by atoms with E-state index in [9.17, 15) is 4.79 Å². The van der Waals surface area contributed by atoms with E-state index in [0.717, 1.165) is 29.7 Å². The zero-order chi connectivity index (χ0) is 11.5. The van der Waals surface area contributed by atoms with Gasteiger partial charge in [-0.15, -0.1) is 12.4 Å². The minimum absolute atomic E-state index is 0. The molecular formula is C12H16BrClN2O. The number of carbonyl (C=O) groups excluding carboxylic acids is 1. The van der Waals surface area contributed by atoms with Crippen LogP contribution in [-0.4, -0.2) is 36.5 Å². The molecule has 1 unspecified atom stereocenters. The lowest BCUT2D eigenvalue weighted by Gasteiger charge is -2.31. The van der Waals surface area contributed by atoms with Crippen LogP contribution in [-0.2, 0) is 0 Å². The largest absolute Gasteiger partial charge is 0.336 e. The minimum atomic E-state index is 0. The van der Waals surface area contributed by atoms with Gasteiger partial charge in [-0.3, -0.25) is 4.79 Å². The van der Waals surface area contributed by atoms with Crippen molar-refractivity contribution >= 4 is 34.2 Å². The Labute approximate surface area is 116 Å². The van der Waals surface area contributed by atoms with Crippen LogP contribution in [0.4, 0.5) is 0 Å². The van der Waals surface area contributed by atoms with Gasteiger partial charge in [-0.2, -0.15) is 0 Å². The fourth-order valence-electron chi connectivity index (χ4n) is 1.89. The molecule has 1 fully saturated rings. The molecule has 1 N–H and O–H groups in total. The highest BCUT2D eigenvalue weighted by molar-refractivity contribution is 9.10. The van der Waals surface area contributed by atoms with E-state index in [2.05, 4.69) is 28.2 Å². The van der Waals surface area contributed by atoms with Crippen molar-refractivity contribution in [2.24, 2.45) is 0 Å². The van der Waals surface area contributed by atoms with Crippen LogP contribution in [0.5, 0.6) is 0 Å². The maximum absolute atomic E-state index is 12.1. The van der Waals surface area contributed by atoms with E-state index in [1.165, 1.54) is 0 Å². The van der Waals surface area contributed by atoms with Gasteiger partial charge in [-0.1, -0.05) is 15.9 Å². The first-order valence-electron chi connectivity index (χ1n) is 5.45. The van der Waals surface area contributed by atoms with Crippen molar-refractivity contribution in [3.8, 4) is 0 Å². The molecule has 3 nitrogen and oxygen atoms in total. The third kappa shape index (κ3) is 3.69. The van der Waals surface area contributed by atoms with Crippen molar-refractivity contribution in [2.75, 3.05) is 19.6 Å². The van der Waals surface area contributed by atoms with Gasteiger partial charge in [0.2, 0.25) is 0 Å². The molecule has 17 heavy (non-hydrogen) atoms. The molecule has 2 rings (SSSR count). The summed E-state index contributed by atoms with van der Waals surface area (Å²) in [5.74, 6) is 0.126. The molecule has 1 aliphatic heterocycles. The van der Waals surface area contributed by atoms with Crippen molar-refractivity contribution in [1.82, 2.24) is 10.2 Å². The standard InChI is InChI=1S/C12H15BrN2O.ClH/c1-9-8-15(7-6-14-9)12(16)10-2-4-11(13)5-3-10;/h2-5,9,14H,6-8H2,1H3;1H. The summed E-state index contributed by atoms with van der Waals surface area (Å²) in [4.78, 5) is 14.0. The van der Waals surface area contributed by atoms with Gasteiger partial charge in [0.25, 0.3) is 5.91 Å². The Morgan fingerprint density at radius 1 is 1.41 bits per heavy atom. The summed E-state index contributed by atoms with van der Waals surface area (Å²) < 4.78 is 0.998. The highest BCUT2D eigenvalue weighted by Gasteiger charge is 2.21. The molecule has 0 radical (unpaired) electrons. The third-order valence-electron chi connectivity index (χ3n) is 2.75. The number of hydrogen-bond acceptors (Lipinski definition) is 2. The Morgan fingerprint density at radius 3 is 2.65 bits per heavy atom. The maximum Gasteiger partial charge on any atom is 0.253 e. The summed E-state index contributed by atoms with van der Waals surface area (Å²) in [6, 6.07) is 7.91. The van der Waals surface area contributed by atoms with Gasteiger partial charge >= 0.3 is 0 Å². The number of amides is 1. The van der Waals surface area contributed by atoms with Crippen molar-refractivity contribution in [3.63, 3.8) is 0 Å². The van der Waals surface area contributed by atoms with Crippen LogP contribution < -0.4 is 5.32 Å². The van der Waals surface area contributed by atoms with Crippen molar-refractivity contribution in [1.29, 1.82) is 0 Å². The zero-order valence-electron chi connectivity index (χ0n) is 9.65. The summed E-state index contributed by atoms with van der Waals surface area (Å²) >= 11 is 3.37. The molecule has 1 aromatic rings. The Hall–Kier alpha value is -0.580. The predicted molar refractivity (Wildman–Crippen MR) is 74.8 cm³/mol. The van der Waals surface area contributed by atoms with Crippen LogP contribution in [0.1, 0.15) is 17.3 Å². The lowest BCUT2D eigenvalue weighted by Crippen LogP contribution is -2.51. The topological polar surface area (TPSA) is 32.3 Å². The highest BCUT2D eigenvalue weighted by Crippen LogP contribution is 2.13. The van der Waals surface area contributed by atoms with E-state index < -0.39 is 0 Å². The SMILES string of the molecule is CC1CN(C(=O)c2ccc(Br)cc2)CCN1.Cl. The van der Waals surface area contributed by atoms with Gasteiger partial charge < -0.3 is 10.2 Å². The van der Waals surface area contributed by atoms with E-state index in [-0.39, 0.29) is 18.3 Å². The predicted octanol–water partition coefficient (Wildman–Crippen LogP) is 2.30. The number of hydrogen-bond donors (Lipinski definition) is 1. The summed E-state index contributed by atoms with van der Waals surface area (Å²) in [5, 5.41) is 3.33. The summed E-state index contributed by atoms with van der Waals surface area (Å²) in [5.41, 5.74) is 0.761. The van der Waals surface area contributed by atoms with E-state index in [0.29, 0.717) is 6.04 Å². The molecule has 1 aliphatic rings. The molecule has 0 saturated carbocycles. The van der Waals surface area contributed by atoms with Crippen LogP contribution in [0.3, 0.4) is 0 Å². The fourth-order valence-corrected chi connectivity index (χ4v) is 2.16. The zero-order valence-corrected chi connectivity index (χ0v) is 12.1. The van der Waals surface area contributed by atoms with Gasteiger partial charge in [-0.25, -0.2) is 0 Å². The van der Waals surface area contributed by atoms with Crippen molar-refractivity contribution in [3.05, 3.63) is 34.3 Å². The smallest absolute Gasteiger partial charge is 0.253 e. The van der Waals surface area contributed by atoms with Crippen LogP contribution in [0.25, 0.3) is 0 Å². The van der Waals surface area contributed by atoms with Crippen LogP contribution in [0.2, 0.25) is 0 Å². The van der Waals surface area contributed by atoms with E-state index >= 15 is 0 Å². The second-order valence-corrected chi connectivity index (χ2v) is 5.03. The Morgan fingerprint density at radius 2 is 2.06 bits per heavy atom. The van der Waals surface area contributed by atoms with Gasteiger partial charge in [-0.05, 0) is 31.2 Å². The van der Waals surface area contributed by atoms with Gasteiger partial charge in [0, 0.05) is 35.7 Å². The first-order valence-corrected chi connectivity index (χ1v) is 6.24. The lowest BCUT2D eigenvalue weighted by molar-refractivity contribution is 0.0709. The molecule has 0 bridgehead atoms. The molecule has 1 atom stereocenters. The monoisotopic (exact) mass is 318 g/mol. The van der Waals surface area contributed by atoms with Gasteiger partial charge in [0.15, 0.2) is 0 Å². The second kappa shape index (κ2) is 6.38. The molecule has 0 spiro atoms. The average molecular weight is 320 g/mol. The molecule has 1 heterocycles. The number of rotatable bonds is 1. The normalized spacial score (nSPS) is 19.6. The average Bonchev–Trinajstić information content (AvgIpc) is 2.29. The Bertz CT molecular complexity index is 383. The summed E-state index contributed by atoms with van der Waals surface area (Å²) in [6.07, 6.45) is 0. The van der Waals surface area contributed by atoms with Crippen molar-refractivity contribution in [2.45, 2.75) is 13.0 Å². The van der Waals surface area contributed by atoms with E-state index in [1.54, 1.807) is 0 Å². The first-order chi connectivity index (χ1) is 7.66. The van der Waals surface area contributed by atoms with Crippen molar-refractivity contribution < 1.29 is 4.79 Å². The number of nitrogens with zero attached hydrogens (tertiary/aromatic N) is 1.